The van der Waals surface area contributed by atoms with E-state index in [0.717, 1.165) is 6.26 Å². The SMILES string of the molecule is Cc1cc(NCCS(C)(=O)=O)ccc1[N+](=O)[O-]. The van der Waals surface area contributed by atoms with Crippen molar-refractivity contribution in [1.29, 1.82) is 0 Å². The van der Waals surface area contributed by atoms with Crippen molar-refractivity contribution >= 4 is 21.2 Å². The van der Waals surface area contributed by atoms with Crippen molar-refractivity contribution in [2.24, 2.45) is 0 Å². The average molecular weight is 258 g/mol. The van der Waals surface area contributed by atoms with Crippen molar-refractivity contribution in [3.8, 4) is 0 Å². The molecule has 1 aromatic carbocycles. The molecule has 7 heteroatoms. The van der Waals surface area contributed by atoms with Crippen LogP contribution in [0.2, 0.25) is 0 Å². The Hall–Kier alpha value is -1.63. The van der Waals surface area contributed by atoms with Gasteiger partial charge in [0.05, 0.1) is 10.7 Å². The maximum absolute atomic E-state index is 10.9. The highest BCUT2D eigenvalue weighted by atomic mass is 32.2. The lowest BCUT2D eigenvalue weighted by Gasteiger charge is -2.06. The molecular formula is C10H14N2O4S. The lowest BCUT2D eigenvalue weighted by molar-refractivity contribution is -0.385. The molecule has 1 aromatic rings. The normalized spacial score (nSPS) is 11.2. The number of aryl methyl sites for hydroxylation is 1. The van der Waals surface area contributed by atoms with Gasteiger partial charge < -0.3 is 5.32 Å². The Labute approximate surface area is 99.7 Å². The lowest BCUT2D eigenvalue weighted by Crippen LogP contribution is -2.14. The smallest absolute Gasteiger partial charge is 0.272 e. The Morgan fingerprint density at radius 3 is 2.53 bits per heavy atom. The molecule has 0 aliphatic carbocycles. The van der Waals surface area contributed by atoms with Gasteiger partial charge in [0, 0.05) is 30.1 Å². The van der Waals surface area contributed by atoms with E-state index in [9.17, 15) is 18.5 Å². The van der Waals surface area contributed by atoms with Crippen LogP contribution in [0.5, 0.6) is 0 Å². The summed E-state index contributed by atoms with van der Waals surface area (Å²) in [6, 6.07) is 4.59. The largest absolute Gasteiger partial charge is 0.384 e. The van der Waals surface area contributed by atoms with Crippen LogP contribution in [0.15, 0.2) is 18.2 Å². The van der Waals surface area contributed by atoms with Crippen molar-refractivity contribution in [2.75, 3.05) is 23.9 Å². The standard InChI is InChI=1S/C10H14N2O4S/c1-8-7-9(3-4-10(8)12(13)14)11-5-6-17(2,15)16/h3-4,7,11H,5-6H2,1-2H3. The first-order chi connectivity index (χ1) is 7.79. The van der Waals surface area contributed by atoms with Crippen LogP contribution >= 0.6 is 0 Å². The third-order valence-corrected chi connectivity index (χ3v) is 3.14. The quantitative estimate of drug-likeness (QED) is 0.636. The van der Waals surface area contributed by atoms with Gasteiger partial charge in [-0.15, -0.1) is 0 Å². The van der Waals surface area contributed by atoms with Crippen LogP contribution in [0.25, 0.3) is 0 Å². The van der Waals surface area contributed by atoms with Crippen LogP contribution in [-0.4, -0.2) is 31.9 Å². The highest BCUT2D eigenvalue weighted by Gasteiger charge is 2.10. The summed E-state index contributed by atoms with van der Waals surface area (Å²) in [4.78, 5) is 10.1. The molecule has 0 saturated carbocycles. The Morgan fingerprint density at radius 2 is 2.06 bits per heavy atom. The predicted octanol–water partition coefficient (Wildman–Crippen LogP) is 1.36. The predicted molar refractivity (Wildman–Crippen MR) is 66.0 cm³/mol. The minimum atomic E-state index is -3.00. The maximum Gasteiger partial charge on any atom is 0.272 e. The highest BCUT2D eigenvalue weighted by molar-refractivity contribution is 7.90. The van der Waals surface area contributed by atoms with Crippen molar-refractivity contribution in [3.63, 3.8) is 0 Å². The summed E-state index contributed by atoms with van der Waals surface area (Å²) in [6.45, 7) is 1.93. The van der Waals surface area contributed by atoms with Gasteiger partial charge in [-0.25, -0.2) is 8.42 Å². The number of nitro benzene ring substituents is 1. The summed E-state index contributed by atoms with van der Waals surface area (Å²) < 4.78 is 21.8. The number of sulfone groups is 1. The molecule has 0 bridgehead atoms. The molecule has 0 aliphatic rings. The van der Waals surface area contributed by atoms with Gasteiger partial charge in [-0.1, -0.05) is 0 Å². The minimum Gasteiger partial charge on any atom is -0.384 e. The Kier molecular flexibility index (Phi) is 4.06. The van der Waals surface area contributed by atoms with Crippen LogP contribution < -0.4 is 5.32 Å². The van der Waals surface area contributed by atoms with Gasteiger partial charge in [0.15, 0.2) is 0 Å². The van der Waals surface area contributed by atoms with E-state index in [1.165, 1.54) is 6.07 Å². The molecule has 1 rings (SSSR count). The number of nitrogens with one attached hydrogen (secondary N) is 1. The summed E-state index contributed by atoms with van der Waals surface area (Å²) in [5.41, 5.74) is 1.27. The third kappa shape index (κ3) is 4.39. The van der Waals surface area contributed by atoms with E-state index < -0.39 is 14.8 Å². The summed E-state index contributed by atoms with van der Waals surface area (Å²) in [6.07, 6.45) is 1.16. The van der Waals surface area contributed by atoms with Crippen molar-refractivity contribution in [2.45, 2.75) is 6.92 Å². The van der Waals surface area contributed by atoms with Crippen molar-refractivity contribution in [3.05, 3.63) is 33.9 Å². The first-order valence-electron chi connectivity index (χ1n) is 4.96. The number of anilines is 1. The zero-order valence-electron chi connectivity index (χ0n) is 9.63. The van der Waals surface area contributed by atoms with E-state index in [0.29, 0.717) is 11.3 Å². The molecular weight excluding hydrogens is 244 g/mol. The molecule has 0 fully saturated rings. The fraction of sp³-hybridized carbons (Fsp3) is 0.400. The summed E-state index contributed by atoms with van der Waals surface area (Å²) >= 11 is 0. The summed E-state index contributed by atoms with van der Waals surface area (Å²) in [5, 5.41) is 13.5. The van der Waals surface area contributed by atoms with Gasteiger partial charge in [0.2, 0.25) is 0 Å². The van der Waals surface area contributed by atoms with Gasteiger partial charge in [-0.2, -0.15) is 0 Å². The molecule has 0 amide bonds. The van der Waals surface area contributed by atoms with Crippen LogP contribution in [0, 0.1) is 17.0 Å². The molecule has 0 radical (unpaired) electrons. The van der Waals surface area contributed by atoms with E-state index >= 15 is 0 Å². The molecule has 0 aromatic heterocycles. The maximum atomic E-state index is 10.9. The summed E-state index contributed by atoms with van der Waals surface area (Å²) in [7, 11) is -3.00. The van der Waals surface area contributed by atoms with Gasteiger partial charge in [0.1, 0.15) is 9.84 Å². The first kappa shape index (κ1) is 13.4. The zero-order valence-corrected chi connectivity index (χ0v) is 10.5. The molecule has 0 spiro atoms. The second-order valence-corrected chi connectivity index (χ2v) is 6.07. The number of nitrogens with zero attached hydrogens (tertiary/aromatic N) is 1. The topological polar surface area (TPSA) is 89.3 Å². The fourth-order valence-corrected chi connectivity index (χ4v) is 1.82. The fourth-order valence-electron chi connectivity index (χ4n) is 1.35. The van der Waals surface area contributed by atoms with E-state index in [4.69, 9.17) is 0 Å². The van der Waals surface area contributed by atoms with Gasteiger partial charge in [-0.3, -0.25) is 10.1 Å². The Balaban J connectivity index is 2.68. The highest BCUT2D eigenvalue weighted by Crippen LogP contribution is 2.21. The molecule has 6 nitrogen and oxygen atoms in total. The van der Waals surface area contributed by atoms with Gasteiger partial charge in [0.25, 0.3) is 5.69 Å². The van der Waals surface area contributed by atoms with E-state index in [1.54, 1.807) is 19.1 Å². The summed E-state index contributed by atoms with van der Waals surface area (Å²) in [5.74, 6) is 0.0308. The monoisotopic (exact) mass is 258 g/mol. The molecule has 0 heterocycles. The first-order valence-corrected chi connectivity index (χ1v) is 7.02. The Morgan fingerprint density at radius 1 is 1.41 bits per heavy atom. The average Bonchev–Trinajstić information content (AvgIpc) is 2.15. The second-order valence-electron chi connectivity index (χ2n) is 3.82. The second kappa shape index (κ2) is 5.13. The zero-order chi connectivity index (χ0) is 13.1. The number of benzene rings is 1. The minimum absolute atomic E-state index is 0.0308. The number of hydrogen-bond acceptors (Lipinski definition) is 5. The molecule has 0 unspecified atom stereocenters. The van der Waals surface area contributed by atoms with E-state index in [1.807, 2.05) is 0 Å². The molecule has 1 N–H and O–H groups in total. The van der Waals surface area contributed by atoms with Crippen molar-refractivity contribution in [1.82, 2.24) is 0 Å². The number of rotatable bonds is 5. The van der Waals surface area contributed by atoms with Crippen LogP contribution in [0.3, 0.4) is 0 Å². The Bertz CT molecular complexity index is 525. The lowest BCUT2D eigenvalue weighted by atomic mass is 10.2. The van der Waals surface area contributed by atoms with Crippen LogP contribution in [0.1, 0.15) is 5.56 Å². The van der Waals surface area contributed by atoms with Crippen molar-refractivity contribution < 1.29 is 13.3 Å². The molecule has 0 atom stereocenters. The molecule has 17 heavy (non-hydrogen) atoms. The van der Waals surface area contributed by atoms with Crippen LogP contribution in [0.4, 0.5) is 11.4 Å². The number of nitro groups is 1. The molecule has 94 valence electrons. The van der Waals surface area contributed by atoms with E-state index in [-0.39, 0.29) is 18.0 Å². The molecule has 0 aliphatic heterocycles. The van der Waals surface area contributed by atoms with E-state index in [2.05, 4.69) is 5.32 Å². The number of hydrogen-bond donors (Lipinski definition) is 1. The van der Waals surface area contributed by atoms with Gasteiger partial charge >= 0.3 is 0 Å². The van der Waals surface area contributed by atoms with Crippen LogP contribution in [-0.2, 0) is 9.84 Å². The third-order valence-electron chi connectivity index (χ3n) is 2.20. The van der Waals surface area contributed by atoms with Gasteiger partial charge in [-0.05, 0) is 19.1 Å². The molecule has 0 saturated heterocycles.